The first-order valence-electron chi connectivity index (χ1n) is 8.59. The molecule has 3 aromatic carbocycles. The van der Waals surface area contributed by atoms with Crippen molar-refractivity contribution in [2.75, 3.05) is 6.26 Å². The van der Waals surface area contributed by atoms with E-state index in [0.29, 0.717) is 12.3 Å². The van der Waals surface area contributed by atoms with Crippen LogP contribution in [0.2, 0.25) is 0 Å². The lowest BCUT2D eigenvalue weighted by molar-refractivity contribution is -0.224. The minimum Gasteiger partial charge on any atom is -0.457 e. The van der Waals surface area contributed by atoms with Gasteiger partial charge in [-0.05, 0) is 36.4 Å². The number of hydrogen-bond acceptors (Lipinski definition) is 4. The van der Waals surface area contributed by atoms with E-state index < -0.39 is 44.6 Å². The number of rotatable bonds is 7. The van der Waals surface area contributed by atoms with Gasteiger partial charge in [0.25, 0.3) is 0 Å². The molecule has 0 saturated heterocycles. The Kier molecular flexibility index (Phi) is 5.76. The van der Waals surface area contributed by atoms with Gasteiger partial charge in [-0.1, -0.05) is 42.5 Å². The maximum atomic E-state index is 15.1. The summed E-state index contributed by atoms with van der Waals surface area (Å²) in [5.41, 5.74) is -2.13. The van der Waals surface area contributed by atoms with E-state index in [4.69, 9.17) is 4.74 Å². The number of alkyl halides is 4. The Morgan fingerprint density at radius 3 is 2.00 bits per heavy atom. The Balaban J connectivity index is 2.02. The van der Waals surface area contributed by atoms with E-state index in [9.17, 15) is 17.2 Å². The topological polar surface area (TPSA) is 52.6 Å². The minimum atomic E-state index is -4.69. The number of para-hydroxylation sites is 2. The summed E-state index contributed by atoms with van der Waals surface area (Å²) >= 11 is 0. The predicted molar refractivity (Wildman–Crippen MR) is 103 cm³/mol. The first kappa shape index (κ1) is 21.6. The number of hydrogen-bond donors (Lipinski definition) is 0. The van der Waals surface area contributed by atoms with Crippen molar-refractivity contribution < 1.29 is 34.9 Å². The molecule has 0 radical (unpaired) electrons. The van der Waals surface area contributed by atoms with E-state index in [1.807, 2.05) is 0 Å². The normalized spacial score (nSPS) is 12.4. The van der Waals surface area contributed by atoms with Crippen LogP contribution in [0.15, 0.2) is 78.9 Å². The second-order valence-electron chi connectivity index (χ2n) is 6.38. The van der Waals surface area contributed by atoms with Crippen molar-refractivity contribution in [3.63, 3.8) is 0 Å². The minimum absolute atomic E-state index is 0.201. The van der Waals surface area contributed by atoms with Crippen LogP contribution in [0.1, 0.15) is 11.1 Å². The lowest BCUT2D eigenvalue weighted by Gasteiger charge is -2.28. The van der Waals surface area contributed by atoms with Gasteiger partial charge in [-0.15, -0.1) is 0 Å². The molecule has 0 atom stereocenters. The summed E-state index contributed by atoms with van der Waals surface area (Å²) in [6.45, 7) is 0. The van der Waals surface area contributed by atoms with Gasteiger partial charge in [0, 0.05) is 5.56 Å². The SMILES string of the molecule is CS(=O)(=O)Oc1cccc(C(F)(F)C(F)(F)c2ccccc2Oc2ccccc2)c1. The van der Waals surface area contributed by atoms with Crippen molar-refractivity contribution in [3.05, 3.63) is 90.0 Å². The van der Waals surface area contributed by atoms with Crippen LogP contribution in [0.4, 0.5) is 17.6 Å². The zero-order chi connectivity index (χ0) is 22.0. The molecular formula is C21H16F4O4S. The molecule has 3 rings (SSSR count). The second-order valence-corrected chi connectivity index (χ2v) is 7.95. The Morgan fingerprint density at radius 1 is 0.733 bits per heavy atom. The highest BCUT2D eigenvalue weighted by molar-refractivity contribution is 7.86. The molecule has 0 spiro atoms. The quantitative estimate of drug-likeness (QED) is 0.349. The monoisotopic (exact) mass is 440 g/mol. The van der Waals surface area contributed by atoms with Gasteiger partial charge in [0.05, 0.1) is 11.8 Å². The first-order valence-corrected chi connectivity index (χ1v) is 10.4. The molecule has 0 aromatic heterocycles. The highest BCUT2D eigenvalue weighted by Crippen LogP contribution is 2.52. The Morgan fingerprint density at radius 2 is 1.33 bits per heavy atom. The molecule has 0 aliphatic carbocycles. The maximum absolute atomic E-state index is 15.1. The first-order chi connectivity index (χ1) is 14.0. The fraction of sp³-hybridized carbons (Fsp3) is 0.143. The molecule has 0 aliphatic rings. The largest absolute Gasteiger partial charge is 0.457 e. The molecule has 3 aromatic rings. The van der Waals surface area contributed by atoms with Gasteiger partial charge >= 0.3 is 22.0 Å². The molecule has 0 saturated carbocycles. The van der Waals surface area contributed by atoms with E-state index in [-0.39, 0.29) is 5.75 Å². The second kappa shape index (κ2) is 7.98. The fourth-order valence-corrected chi connectivity index (χ4v) is 3.15. The van der Waals surface area contributed by atoms with E-state index in [0.717, 1.165) is 30.3 Å². The van der Waals surface area contributed by atoms with Gasteiger partial charge in [0.2, 0.25) is 0 Å². The van der Waals surface area contributed by atoms with Crippen LogP contribution < -0.4 is 8.92 Å². The van der Waals surface area contributed by atoms with E-state index in [1.165, 1.54) is 24.3 Å². The summed E-state index contributed by atoms with van der Waals surface area (Å²) in [5.74, 6) is -10.1. The van der Waals surface area contributed by atoms with Crippen molar-refractivity contribution in [1.82, 2.24) is 0 Å². The summed E-state index contributed by atoms with van der Waals surface area (Å²) in [4.78, 5) is 0. The number of ether oxygens (including phenoxy) is 1. The fourth-order valence-electron chi connectivity index (χ4n) is 2.70. The molecule has 0 unspecified atom stereocenters. The zero-order valence-corrected chi connectivity index (χ0v) is 16.4. The maximum Gasteiger partial charge on any atom is 0.343 e. The lowest BCUT2D eigenvalue weighted by Crippen LogP contribution is -2.36. The molecule has 0 fully saturated rings. The smallest absolute Gasteiger partial charge is 0.343 e. The standard InChI is InChI=1S/C21H16F4O4S/c1-30(26,27)29-17-11-7-8-15(14-17)20(22,23)21(24,25)18-12-5-6-13-19(18)28-16-9-3-2-4-10-16/h2-14H,1H3. The Bertz CT molecular complexity index is 1130. The molecule has 0 heterocycles. The zero-order valence-electron chi connectivity index (χ0n) is 15.6. The average molecular weight is 440 g/mol. The number of halogens is 4. The van der Waals surface area contributed by atoms with Crippen LogP contribution in [0.25, 0.3) is 0 Å². The van der Waals surface area contributed by atoms with Crippen LogP contribution in [0.5, 0.6) is 17.2 Å². The predicted octanol–water partition coefficient (Wildman–Crippen LogP) is 5.70. The van der Waals surface area contributed by atoms with E-state index in [1.54, 1.807) is 18.2 Å². The summed E-state index contributed by atoms with van der Waals surface area (Å²) in [6.07, 6.45) is 0.712. The van der Waals surface area contributed by atoms with E-state index >= 15 is 8.78 Å². The van der Waals surface area contributed by atoms with Crippen molar-refractivity contribution in [1.29, 1.82) is 0 Å². The van der Waals surface area contributed by atoms with Crippen LogP contribution in [0.3, 0.4) is 0 Å². The van der Waals surface area contributed by atoms with Crippen molar-refractivity contribution in [3.8, 4) is 17.2 Å². The van der Waals surface area contributed by atoms with Gasteiger partial charge in [-0.25, -0.2) is 0 Å². The summed E-state index contributed by atoms with van der Waals surface area (Å²) in [6, 6.07) is 15.9. The third kappa shape index (κ3) is 4.56. The van der Waals surface area contributed by atoms with Gasteiger partial charge in [0.1, 0.15) is 17.2 Å². The highest BCUT2D eigenvalue weighted by Gasteiger charge is 2.59. The summed E-state index contributed by atoms with van der Waals surface area (Å²) in [5, 5.41) is 0. The molecule has 0 N–H and O–H groups in total. The van der Waals surface area contributed by atoms with Gasteiger partial charge in [0.15, 0.2) is 0 Å². The van der Waals surface area contributed by atoms with Crippen molar-refractivity contribution in [2.24, 2.45) is 0 Å². The molecule has 4 nitrogen and oxygen atoms in total. The van der Waals surface area contributed by atoms with Crippen LogP contribution >= 0.6 is 0 Å². The molecule has 0 amide bonds. The third-order valence-corrected chi connectivity index (χ3v) is 4.53. The molecule has 9 heteroatoms. The van der Waals surface area contributed by atoms with Gasteiger partial charge in [-0.2, -0.15) is 26.0 Å². The summed E-state index contributed by atoms with van der Waals surface area (Å²) in [7, 11) is -4.02. The summed E-state index contributed by atoms with van der Waals surface area (Å²) < 4.78 is 92.4. The molecule has 0 aliphatic heterocycles. The van der Waals surface area contributed by atoms with Crippen LogP contribution in [-0.4, -0.2) is 14.7 Å². The van der Waals surface area contributed by atoms with Crippen LogP contribution in [-0.2, 0) is 22.0 Å². The Labute approximate surface area is 170 Å². The third-order valence-electron chi connectivity index (χ3n) is 4.03. The molecule has 158 valence electrons. The van der Waals surface area contributed by atoms with Gasteiger partial charge in [-0.3, -0.25) is 0 Å². The van der Waals surface area contributed by atoms with Gasteiger partial charge < -0.3 is 8.92 Å². The lowest BCUT2D eigenvalue weighted by atomic mass is 9.95. The van der Waals surface area contributed by atoms with E-state index in [2.05, 4.69) is 4.18 Å². The Hall–Kier alpha value is -3.07. The number of benzene rings is 3. The molecular weight excluding hydrogens is 424 g/mol. The van der Waals surface area contributed by atoms with Crippen molar-refractivity contribution >= 4 is 10.1 Å². The highest BCUT2D eigenvalue weighted by atomic mass is 32.2. The molecule has 0 bridgehead atoms. The van der Waals surface area contributed by atoms with Crippen molar-refractivity contribution in [2.45, 2.75) is 11.8 Å². The molecule has 30 heavy (non-hydrogen) atoms. The van der Waals surface area contributed by atoms with Crippen LogP contribution in [0, 0.1) is 0 Å². The average Bonchev–Trinajstić information content (AvgIpc) is 2.68.